The number of nitrogens with zero attached hydrogens (tertiary/aromatic N) is 5. The third kappa shape index (κ3) is 6.87. The maximum absolute atomic E-state index is 5.30. The van der Waals surface area contributed by atoms with Gasteiger partial charge in [0.15, 0.2) is 11.6 Å². The molecule has 2 aromatic heterocycles. The van der Waals surface area contributed by atoms with Crippen LogP contribution in [0.4, 0.5) is 17.3 Å². The van der Waals surface area contributed by atoms with E-state index in [1.54, 1.807) is 0 Å². The van der Waals surface area contributed by atoms with E-state index in [0.717, 1.165) is 72.2 Å². The SMILES string of the molecule is c1ccc(-c2ccc(-c3cccc(-n4c5ccccc5c5cccc(N(c6ccc(-c7ccccc7)cc6)c6nc(-c7ccccc7)nc(-c7ccccc7)n6)c54)c3)cc2)cc1. The molecule has 11 rings (SSSR count). The monoisotopic (exact) mass is 793 g/mol. The Balaban J connectivity index is 1.14. The molecule has 5 heteroatoms. The molecule has 5 nitrogen and oxygen atoms in total. The highest BCUT2D eigenvalue weighted by atomic mass is 15.3. The summed E-state index contributed by atoms with van der Waals surface area (Å²) in [6.45, 7) is 0. The molecule has 0 aliphatic rings. The first-order chi connectivity index (χ1) is 30.7. The summed E-state index contributed by atoms with van der Waals surface area (Å²) >= 11 is 0. The summed E-state index contributed by atoms with van der Waals surface area (Å²) < 4.78 is 2.39. The zero-order valence-corrected chi connectivity index (χ0v) is 33.8. The molecule has 0 fully saturated rings. The lowest BCUT2D eigenvalue weighted by Crippen LogP contribution is -2.16. The van der Waals surface area contributed by atoms with E-state index in [-0.39, 0.29) is 0 Å². The molecule has 0 saturated heterocycles. The van der Waals surface area contributed by atoms with Crippen molar-refractivity contribution in [2.75, 3.05) is 4.90 Å². The predicted octanol–water partition coefficient (Wildman–Crippen LogP) is 14.8. The normalized spacial score (nSPS) is 11.2. The molecule has 0 atom stereocenters. The van der Waals surface area contributed by atoms with Gasteiger partial charge < -0.3 is 4.57 Å². The van der Waals surface area contributed by atoms with Gasteiger partial charge >= 0.3 is 0 Å². The zero-order valence-electron chi connectivity index (χ0n) is 33.8. The number of aromatic nitrogens is 4. The van der Waals surface area contributed by atoms with Gasteiger partial charge in [0.25, 0.3) is 0 Å². The van der Waals surface area contributed by atoms with Gasteiger partial charge in [-0.15, -0.1) is 0 Å². The standard InChI is InChI=1S/C57H39N5/c1-5-17-40(18-6-1)42-31-33-44(34-32-42)47-25-15-26-49(39-47)61-52-29-14-13-27-50(52)51-28-16-30-53(54(51)61)62(48-37-35-43(36-38-48)41-19-7-2-8-20-41)57-59-55(45-21-9-3-10-22-45)58-56(60-57)46-23-11-4-12-24-46/h1-39H. The summed E-state index contributed by atoms with van der Waals surface area (Å²) in [7, 11) is 0. The van der Waals surface area contributed by atoms with Crippen LogP contribution in [0.25, 0.3) is 83.6 Å². The topological polar surface area (TPSA) is 46.8 Å². The highest BCUT2D eigenvalue weighted by Crippen LogP contribution is 2.44. The quantitative estimate of drug-likeness (QED) is 0.146. The van der Waals surface area contributed by atoms with Crippen LogP contribution in [-0.2, 0) is 0 Å². The highest BCUT2D eigenvalue weighted by Gasteiger charge is 2.25. The molecule has 0 saturated carbocycles. The zero-order chi connectivity index (χ0) is 41.2. The largest absolute Gasteiger partial charge is 0.307 e. The molecular formula is C57H39N5. The molecule has 0 spiro atoms. The minimum absolute atomic E-state index is 0.515. The van der Waals surface area contributed by atoms with Gasteiger partial charge in [0.05, 0.1) is 16.7 Å². The highest BCUT2D eigenvalue weighted by molar-refractivity contribution is 6.14. The van der Waals surface area contributed by atoms with Gasteiger partial charge in [-0.05, 0) is 69.8 Å². The van der Waals surface area contributed by atoms with Gasteiger partial charge in [-0.2, -0.15) is 9.97 Å². The molecule has 0 radical (unpaired) electrons. The van der Waals surface area contributed by atoms with Gasteiger partial charge in [-0.1, -0.05) is 200 Å². The van der Waals surface area contributed by atoms with Crippen molar-refractivity contribution in [2.24, 2.45) is 0 Å². The minimum Gasteiger partial charge on any atom is -0.307 e. The second-order valence-corrected chi connectivity index (χ2v) is 15.3. The Morgan fingerprint density at radius 1 is 0.323 bits per heavy atom. The molecule has 0 amide bonds. The molecule has 0 unspecified atom stereocenters. The maximum Gasteiger partial charge on any atom is 0.238 e. The number of anilines is 3. The average Bonchev–Trinajstić information content (AvgIpc) is 3.70. The van der Waals surface area contributed by atoms with Crippen LogP contribution in [0.2, 0.25) is 0 Å². The van der Waals surface area contributed by atoms with Crippen molar-refractivity contribution in [3.63, 3.8) is 0 Å². The second kappa shape index (κ2) is 16.0. The molecular weight excluding hydrogens is 755 g/mol. The molecule has 0 aliphatic carbocycles. The number of hydrogen-bond acceptors (Lipinski definition) is 4. The van der Waals surface area contributed by atoms with E-state index in [9.17, 15) is 0 Å². The van der Waals surface area contributed by atoms with Crippen molar-refractivity contribution < 1.29 is 0 Å². The van der Waals surface area contributed by atoms with E-state index in [2.05, 4.69) is 179 Å². The van der Waals surface area contributed by atoms with Crippen molar-refractivity contribution in [1.29, 1.82) is 0 Å². The Hall–Kier alpha value is -8.41. The Labute approximate surface area is 360 Å². The van der Waals surface area contributed by atoms with Crippen molar-refractivity contribution >= 4 is 39.1 Å². The van der Waals surface area contributed by atoms with Crippen molar-refractivity contribution in [2.45, 2.75) is 0 Å². The Morgan fingerprint density at radius 2 is 0.758 bits per heavy atom. The minimum atomic E-state index is 0.515. The molecule has 62 heavy (non-hydrogen) atoms. The van der Waals surface area contributed by atoms with Gasteiger partial charge in [0, 0.05) is 33.3 Å². The first-order valence-electron chi connectivity index (χ1n) is 20.9. The number of fused-ring (bicyclic) bond motifs is 3. The van der Waals surface area contributed by atoms with E-state index in [4.69, 9.17) is 15.0 Å². The van der Waals surface area contributed by atoms with Crippen LogP contribution in [0, 0.1) is 0 Å². The molecule has 0 N–H and O–H groups in total. The number of rotatable bonds is 9. The third-order valence-electron chi connectivity index (χ3n) is 11.5. The summed E-state index contributed by atoms with van der Waals surface area (Å²) in [6, 6.07) is 82.9. The first-order valence-corrected chi connectivity index (χ1v) is 20.9. The number of benzene rings is 9. The smallest absolute Gasteiger partial charge is 0.238 e. The molecule has 9 aromatic carbocycles. The number of hydrogen-bond donors (Lipinski definition) is 0. The summed E-state index contributed by atoms with van der Waals surface area (Å²) in [5.41, 5.74) is 13.8. The van der Waals surface area contributed by atoms with Crippen LogP contribution < -0.4 is 4.90 Å². The Morgan fingerprint density at radius 3 is 1.34 bits per heavy atom. The van der Waals surface area contributed by atoms with Gasteiger partial charge in [-0.3, -0.25) is 4.90 Å². The van der Waals surface area contributed by atoms with Crippen LogP contribution in [0.5, 0.6) is 0 Å². The van der Waals surface area contributed by atoms with Crippen LogP contribution in [0.15, 0.2) is 237 Å². The van der Waals surface area contributed by atoms with Crippen molar-refractivity contribution in [3.05, 3.63) is 237 Å². The molecule has 2 heterocycles. The number of para-hydroxylation sites is 2. The fraction of sp³-hybridized carbons (Fsp3) is 0. The van der Waals surface area contributed by atoms with Crippen LogP contribution in [0.1, 0.15) is 0 Å². The molecule has 292 valence electrons. The van der Waals surface area contributed by atoms with Crippen LogP contribution >= 0.6 is 0 Å². The summed E-state index contributed by atoms with van der Waals surface area (Å²) in [6.07, 6.45) is 0. The van der Waals surface area contributed by atoms with Gasteiger partial charge in [0.1, 0.15) is 0 Å². The van der Waals surface area contributed by atoms with E-state index in [1.807, 2.05) is 66.7 Å². The van der Waals surface area contributed by atoms with Crippen molar-refractivity contribution in [3.8, 4) is 61.8 Å². The first kappa shape index (κ1) is 36.7. The van der Waals surface area contributed by atoms with Crippen LogP contribution in [0.3, 0.4) is 0 Å². The fourth-order valence-electron chi connectivity index (χ4n) is 8.45. The van der Waals surface area contributed by atoms with E-state index < -0.39 is 0 Å². The lowest BCUT2D eigenvalue weighted by atomic mass is 10.00. The average molecular weight is 794 g/mol. The van der Waals surface area contributed by atoms with Crippen molar-refractivity contribution in [1.82, 2.24) is 19.5 Å². The Bertz CT molecular complexity index is 3250. The lowest BCUT2D eigenvalue weighted by molar-refractivity contribution is 1.02. The molecule has 0 bridgehead atoms. The summed E-state index contributed by atoms with van der Waals surface area (Å²) in [5.74, 6) is 1.71. The third-order valence-corrected chi connectivity index (χ3v) is 11.5. The van der Waals surface area contributed by atoms with Gasteiger partial charge in [0.2, 0.25) is 5.95 Å². The maximum atomic E-state index is 5.30. The van der Waals surface area contributed by atoms with E-state index >= 15 is 0 Å². The summed E-state index contributed by atoms with van der Waals surface area (Å²) in [4.78, 5) is 17.9. The Kier molecular flexibility index (Phi) is 9.45. The van der Waals surface area contributed by atoms with E-state index in [1.165, 1.54) is 11.1 Å². The predicted molar refractivity (Wildman–Crippen MR) is 256 cm³/mol. The summed E-state index contributed by atoms with van der Waals surface area (Å²) in [5, 5.41) is 2.29. The van der Waals surface area contributed by atoms with E-state index in [0.29, 0.717) is 17.6 Å². The molecule has 11 aromatic rings. The van der Waals surface area contributed by atoms with Gasteiger partial charge in [-0.25, -0.2) is 4.98 Å². The molecule has 0 aliphatic heterocycles. The second-order valence-electron chi connectivity index (χ2n) is 15.3. The van der Waals surface area contributed by atoms with Crippen LogP contribution in [-0.4, -0.2) is 19.5 Å². The fourth-order valence-corrected chi connectivity index (χ4v) is 8.45. The lowest BCUT2D eigenvalue weighted by Gasteiger charge is -2.26.